The van der Waals surface area contributed by atoms with Crippen LogP contribution < -0.4 is 0 Å². The van der Waals surface area contributed by atoms with Crippen molar-refractivity contribution in [2.75, 3.05) is 0 Å². The van der Waals surface area contributed by atoms with E-state index in [9.17, 15) is 0 Å². The average molecular weight is 196 g/mol. The molecule has 3 nitrogen and oxygen atoms in total. The molecule has 0 atom stereocenters. The summed E-state index contributed by atoms with van der Waals surface area (Å²) in [6, 6.07) is 2.13. The van der Waals surface area contributed by atoms with Gasteiger partial charge in [0.05, 0.1) is 0 Å². The van der Waals surface area contributed by atoms with Crippen molar-refractivity contribution in [3.63, 3.8) is 0 Å². The summed E-state index contributed by atoms with van der Waals surface area (Å²) in [4.78, 5) is 16.2. The first-order valence-electron chi connectivity index (χ1n) is 4.56. The summed E-state index contributed by atoms with van der Waals surface area (Å²) in [5.41, 5.74) is 1.36. The van der Waals surface area contributed by atoms with Crippen LogP contribution in [0, 0.1) is 19.8 Å². The second-order valence-corrected chi connectivity index (χ2v) is 3.62. The highest BCUT2D eigenvalue weighted by Gasteiger charge is 2.05. The first kappa shape index (κ1) is 12.7. The minimum Gasteiger partial charge on any atom is -0.466 e. The lowest BCUT2D eigenvalue weighted by atomic mass is 10.0. The smallest absolute Gasteiger partial charge is 0.373 e. The molecule has 0 aliphatic rings. The van der Waals surface area contributed by atoms with Crippen LogP contribution in [-0.4, -0.2) is 6.15 Å². The van der Waals surface area contributed by atoms with Crippen LogP contribution in [-0.2, 0) is 16.0 Å². The molecule has 0 radical (unpaired) electrons. The summed E-state index contributed by atoms with van der Waals surface area (Å²) in [6.07, 6.45) is 1.38. The van der Waals surface area contributed by atoms with Crippen molar-refractivity contribution in [3.8, 4) is 0 Å². The van der Waals surface area contributed by atoms with Crippen LogP contribution in [0.5, 0.6) is 0 Å². The summed E-state index contributed by atoms with van der Waals surface area (Å²) in [5, 5.41) is 0. The summed E-state index contributed by atoms with van der Waals surface area (Å²) in [5.74, 6) is 2.82. The van der Waals surface area contributed by atoms with Crippen molar-refractivity contribution < 1.29 is 14.0 Å². The Kier molecular flexibility index (Phi) is 5.58. The number of aryl methyl sites for hydroxylation is 2. The number of furan rings is 1. The molecular formula is C11H16O3. The Labute approximate surface area is 84.1 Å². The van der Waals surface area contributed by atoms with Gasteiger partial charge >= 0.3 is 6.15 Å². The molecule has 0 saturated heterocycles. The van der Waals surface area contributed by atoms with Gasteiger partial charge in [-0.2, -0.15) is 9.59 Å². The molecule has 0 N–H and O–H groups in total. The van der Waals surface area contributed by atoms with Crippen molar-refractivity contribution in [1.82, 2.24) is 0 Å². The summed E-state index contributed by atoms with van der Waals surface area (Å²) >= 11 is 0. The van der Waals surface area contributed by atoms with E-state index in [0.717, 1.165) is 17.9 Å². The number of hydrogen-bond acceptors (Lipinski definition) is 3. The summed E-state index contributed by atoms with van der Waals surface area (Å²) in [6.45, 7) is 8.48. The largest absolute Gasteiger partial charge is 0.466 e. The molecule has 1 rings (SSSR count). The Balaban J connectivity index is 0.000000500. The van der Waals surface area contributed by atoms with E-state index in [1.54, 1.807) is 0 Å². The Morgan fingerprint density at radius 3 is 2.14 bits per heavy atom. The fraction of sp³-hybridized carbons (Fsp3) is 0.545. The van der Waals surface area contributed by atoms with E-state index in [4.69, 9.17) is 14.0 Å². The third-order valence-corrected chi connectivity index (χ3v) is 1.77. The van der Waals surface area contributed by atoms with Crippen LogP contribution in [0.15, 0.2) is 10.5 Å². The monoisotopic (exact) mass is 196 g/mol. The van der Waals surface area contributed by atoms with Gasteiger partial charge in [0, 0.05) is 0 Å². The highest BCUT2D eigenvalue weighted by Crippen LogP contribution is 2.17. The average Bonchev–Trinajstić information content (AvgIpc) is 2.30. The molecular weight excluding hydrogens is 180 g/mol. The first-order chi connectivity index (χ1) is 6.51. The van der Waals surface area contributed by atoms with E-state index in [1.807, 2.05) is 13.8 Å². The van der Waals surface area contributed by atoms with Crippen LogP contribution in [0.2, 0.25) is 0 Å². The highest BCUT2D eigenvalue weighted by molar-refractivity contribution is 5.20. The van der Waals surface area contributed by atoms with E-state index in [-0.39, 0.29) is 6.15 Å². The molecule has 1 heterocycles. The quantitative estimate of drug-likeness (QED) is 0.730. The van der Waals surface area contributed by atoms with Gasteiger partial charge in [0.25, 0.3) is 0 Å². The molecule has 0 fully saturated rings. The zero-order valence-corrected chi connectivity index (χ0v) is 9.09. The van der Waals surface area contributed by atoms with Gasteiger partial charge < -0.3 is 4.42 Å². The van der Waals surface area contributed by atoms with Crippen molar-refractivity contribution in [3.05, 3.63) is 23.2 Å². The third-order valence-electron chi connectivity index (χ3n) is 1.77. The summed E-state index contributed by atoms with van der Waals surface area (Å²) in [7, 11) is 0. The lowest BCUT2D eigenvalue weighted by Gasteiger charge is -2.00. The fourth-order valence-electron chi connectivity index (χ4n) is 1.33. The van der Waals surface area contributed by atoms with Crippen molar-refractivity contribution in [2.24, 2.45) is 5.92 Å². The maximum atomic E-state index is 8.12. The minimum atomic E-state index is 0.250. The minimum absolute atomic E-state index is 0.250. The van der Waals surface area contributed by atoms with E-state index < -0.39 is 0 Å². The van der Waals surface area contributed by atoms with E-state index in [2.05, 4.69) is 19.9 Å². The van der Waals surface area contributed by atoms with E-state index >= 15 is 0 Å². The molecule has 0 bridgehead atoms. The Morgan fingerprint density at radius 1 is 1.36 bits per heavy atom. The van der Waals surface area contributed by atoms with Crippen molar-refractivity contribution in [1.29, 1.82) is 0 Å². The zero-order valence-electron chi connectivity index (χ0n) is 9.09. The molecule has 78 valence electrons. The van der Waals surface area contributed by atoms with Gasteiger partial charge in [0.2, 0.25) is 0 Å². The zero-order chi connectivity index (χ0) is 11.1. The van der Waals surface area contributed by atoms with Gasteiger partial charge in [-0.3, -0.25) is 0 Å². The van der Waals surface area contributed by atoms with Gasteiger partial charge in [-0.15, -0.1) is 0 Å². The molecule has 1 aromatic rings. The van der Waals surface area contributed by atoms with Gasteiger partial charge in [-0.05, 0) is 37.8 Å². The van der Waals surface area contributed by atoms with Crippen LogP contribution in [0.25, 0.3) is 0 Å². The van der Waals surface area contributed by atoms with E-state index in [0.29, 0.717) is 5.92 Å². The Morgan fingerprint density at radius 2 is 1.86 bits per heavy atom. The molecule has 0 spiro atoms. The van der Waals surface area contributed by atoms with Crippen LogP contribution in [0.4, 0.5) is 0 Å². The second-order valence-electron chi connectivity index (χ2n) is 3.62. The highest BCUT2D eigenvalue weighted by atomic mass is 16.3. The normalized spacial score (nSPS) is 9.21. The molecule has 14 heavy (non-hydrogen) atoms. The topological polar surface area (TPSA) is 47.3 Å². The fourth-order valence-corrected chi connectivity index (χ4v) is 1.33. The maximum Gasteiger partial charge on any atom is 0.373 e. The number of rotatable bonds is 2. The lowest BCUT2D eigenvalue weighted by molar-refractivity contribution is -0.191. The van der Waals surface area contributed by atoms with Crippen LogP contribution in [0.1, 0.15) is 30.9 Å². The first-order valence-corrected chi connectivity index (χ1v) is 4.56. The Bertz CT molecular complexity index is 304. The molecule has 1 aromatic heterocycles. The Hall–Kier alpha value is -1.34. The molecule has 0 saturated carbocycles. The molecule has 0 unspecified atom stereocenters. The predicted octanol–water partition coefficient (Wildman–Crippen LogP) is 2.51. The second kappa shape index (κ2) is 6.17. The van der Waals surface area contributed by atoms with Gasteiger partial charge in [-0.25, -0.2) is 0 Å². The van der Waals surface area contributed by atoms with Crippen molar-refractivity contribution in [2.45, 2.75) is 34.1 Å². The van der Waals surface area contributed by atoms with Gasteiger partial charge in [0.1, 0.15) is 11.5 Å². The standard InChI is InChI=1S/C10H16O.CO2/c1-7(2)5-10-6-8(3)11-9(10)4;2-1-3/h6-7H,5H2,1-4H3;. The van der Waals surface area contributed by atoms with Crippen LogP contribution >= 0.6 is 0 Å². The molecule has 0 aliphatic heterocycles. The van der Waals surface area contributed by atoms with Gasteiger partial charge in [-0.1, -0.05) is 13.8 Å². The van der Waals surface area contributed by atoms with Gasteiger partial charge in [0.15, 0.2) is 0 Å². The molecule has 0 aliphatic carbocycles. The predicted molar refractivity (Wildman–Crippen MR) is 51.7 cm³/mol. The van der Waals surface area contributed by atoms with Crippen molar-refractivity contribution >= 4 is 6.15 Å². The summed E-state index contributed by atoms with van der Waals surface area (Å²) < 4.78 is 5.42. The molecule has 0 aromatic carbocycles. The van der Waals surface area contributed by atoms with Crippen LogP contribution in [0.3, 0.4) is 0 Å². The third kappa shape index (κ3) is 4.63. The number of carbonyl (C=O) groups excluding carboxylic acids is 2. The SMILES string of the molecule is Cc1cc(CC(C)C)c(C)o1.O=C=O. The maximum absolute atomic E-state index is 8.12. The number of hydrogen-bond donors (Lipinski definition) is 0. The molecule has 0 amide bonds. The molecule has 3 heteroatoms. The lowest BCUT2D eigenvalue weighted by Crippen LogP contribution is -1.93. The van der Waals surface area contributed by atoms with E-state index in [1.165, 1.54) is 5.56 Å².